The molecular formula is C7H16S7. The molecule has 1 atom stereocenters. The third-order valence-corrected chi connectivity index (χ3v) is 7.44. The molecule has 0 aromatic carbocycles. The predicted octanol–water partition coefficient (Wildman–Crippen LogP) is 3.12. The van der Waals surface area contributed by atoms with Crippen molar-refractivity contribution in [3.63, 3.8) is 0 Å². The zero-order valence-electron chi connectivity index (χ0n) is 7.61. The van der Waals surface area contributed by atoms with Crippen molar-refractivity contribution in [2.45, 2.75) is 14.4 Å². The first-order valence-corrected chi connectivity index (χ1v) is 9.03. The molecular weight excluding hydrogens is 309 g/mol. The van der Waals surface area contributed by atoms with E-state index in [4.69, 9.17) is 0 Å². The van der Waals surface area contributed by atoms with Gasteiger partial charge in [0.25, 0.3) is 0 Å². The topological polar surface area (TPSA) is 0 Å². The maximum atomic E-state index is 4.52. The average molecular weight is 325 g/mol. The minimum Gasteiger partial charge on any atom is -0.179 e. The monoisotopic (exact) mass is 324 g/mol. The van der Waals surface area contributed by atoms with E-state index in [1.54, 1.807) is 0 Å². The average Bonchev–Trinajstić information content (AvgIpc) is 2.17. The number of rotatable bonds is 8. The zero-order valence-corrected chi connectivity index (χ0v) is 13.7. The van der Waals surface area contributed by atoms with Crippen LogP contribution in [0.5, 0.6) is 0 Å². The van der Waals surface area contributed by atoms with Crippen molar-refractivity contribution < 1.29 is 0 Å². The van der Waals surface area contributed by atoms with Crippen LogP contribution in [0.4, 0.5) is 0 Å². The van der Waals surface area contributed by atoms with Gasteiger partial charge >= 0.3 is 0 Å². The van der Waals surface area contributed by atoms with Gasteiger partial charge in [0, 0.05) is 16.8 Å². The molecule has 0 aliphatic heterocycles. The van der Waals surface area contributed by atoms with E-state index in [9.17, 15) is 0 Å². The Hall–Kier alpha value is 2.45. The van der Waals surface area contributed by atoms with Crippen LogP contribution in [-0.4, -0.2) is 37.4 Å². The van der Waals surface area contributed by atoms with Gasteiger partial charge in [-0.05, 0) is 11.5 Å². The number of hydrogen-bond acceptors (Lipinski definition) is 7. The van der Waals surface area contributed by atoms with E-state index < -0.39 is 0 Å². The standard InChI is InChI=1S/C7H16S7/c8-1-3-13-7(14-4-2-9)5(10)6(11)12/h5-12H,1-4H2. The first-order valence-electron chi connectivity index (χ1n) is 4.12. The van der Waals surface area contributed by atoms with Crippen LogP contribution in [0.2, 0.25) is 0 Å². The van der Waals surface area contributed by atoms with Crippen LogP contribution in [0.15, 0.2) is 0 Å². The first-order chi connectivity index (χ1) is 6.63. The molecule has 1 unspecified atom stereocenters. The van der Waals surface area contributed by atoms with Gasteiger partial charge < -0.3 is 0 Å². The summed E-state index contributed by atoms with van der Waals surface area (Å²) in [5.41, 5.74) is 0. The predicted molar refractivity (Wildman–Crippen MR) is 90.9 cm³/mol. The molecule has 0 saturated heterocycles. The highest BCUT2D eigenvalue weighted by atomic mass is 32.2. The van der Waals surface area contributed by atoms with Crippen LogP contribution in [-0.2, 0) is 0 Å². The Bertz CT molecular complexity index is 121. The molecule has 0 spiro atoms. The lowest BCUT2D eigenvalue weighted by atomic mass is 10.5. The Balaban J connectivity index is 3.94. The summed E-state index contributed by atoms with van der Waals surface area (Å²) >= 11 is 25.3. The zero-order chi connectivity index (χ0) is 11.0. The summed E-state index contributed by atoms with van der Waals surface area (Å²) in [4.78, 5) is 0. The molecule has 7 heteroatoms. The summed E-state index contributed by atoms with van der Waals surface area (Å²) in [5.74, 6) is 3.87. The molecule has 0 nitrogen and oxygen atoms in total. The highest BCUT2D eigenvalue weighted by Gasteiger charge is 2.22. The molecule has 0 radical (unpaired) electrons. The maximum absolute atomic E-state index is 4.52. The normalized spacial score (nSPS) is 13.9. The van der Waals surface area contributed by atoms with Gasteiger partial charge in [0.2, 0.25) is 0 Å². The summed E-state index contributed by atoms with van der Waals surface area (Å²) in [6.45, 7) is 0. The van der Waals surface area contributed by atoms with Crippen LogP contribution in [0.3, 0.4) is 0 Å². The first kappa shape index (κ1) is 16.4. The van der Waals surface area contributed by atoms with Gasteiger partial charge in [-0.15, -0.1) is 23.5 Å². The Morgan fingerprint density at radius 3 is 1.57 bits per heavy atom. The van der Waals surface area contributed by atoms with Gasteiger partial charge in [-0.2, -0.15) is 63.1 Å². The van der Waals surface area contributed by atoms with Gasteiger partial charge in [-0.3, -0.25) is 0 Å². The van der Waals surface area contributed by atoms with Gasteiger partial charge in [-0.1, -0.05) is 0 Å². The quantitative estimate of drug-likeness (QED) is 0.344. The third-order valence-electron chi connectivity index (χ3n) is 1.33. The van der Waals surface area contributed by atoms with E-state index in [2.05, 4.69) is 63.1 Å². The molecule has 0 heterocycles. The number of thiol groups is 5. The molecule has 0 amide bonds. The molecule has 0 N–H and O–H groups in total. The summed E-state index contributed by atoms with van der Waals surface area (Å²) in [6, 6.07) is 0. The Morgan fingerprint density at radius 1 is 0.857 bits per heavy atom. The minimum atomic E-state index is 0.0168. The molecule has 0 aliphatic rings. The Kier molecular flexibility index (Phi) is 12.4. The molecule has 0 fully saturated rings. The SMILES string of the molecule is SCCSC(SCCS)C(S)C(S)S. The van der Waals surface area contributed by atoms with Gasteiger partial charge in [0.05, 0.1) is 9.16 Å². The second-order valence-electron chi connectivity index (χ2n) is 2.46. The van der Waals surface area contributed by atoms with E-state index in [0.717, 1.165) is 23.0 Å². The fourth-order valence-corrected chi connectivity index (χ4v) is 5.03. The van der Waals surface area contributed by atoms with Crippen molar-refractivity contribution in [2.75, 3.05) is 23.0 Å². The van der Waals surface area contributed by atoms with Crippen LogP contribution in [0, 0.1) is 0 Å². The lowest BCUT2D eigenvalue weighted by Crippen LogP contribution is -2.22. The fourth-order valence-electron chi connectivity index (χ4n) is 0.724. The molecule has 0 aromatic heterocycles. The minimum absolute atomic E-state index is 0.0168. The second-order valence-corrected chi connectivity index (χ2v) is 8.27. The van der Waals surface area contributed by atoms with Crippen LogP contribution in [0.25, 0.3) is 0 Å². The van der Waals surface area contributed by atoms with Crippen molar-refractivity contribution in [1.29, 1.82) is 0 Å². The van der Waals surface area contributed by atoms with Crippen molar-refractivity contribution in [1.82, 2.24) is 0 Å². The van der Waals surface area contributed by atoms with Gasteiger partial charge in [0.15, 0.2) is 0 Å². The largest absolute Gasteiger partial charge is 0.179 e. The van der Waals surface area contributed by atoms with E-state index in [0.29, 0.717) is 4.58 Å². The lowest BCUT2D eigenvalue weighted by molar-refractivity contribution is 1.07. The molecule has 86 valence electrons. The van der Waals surface area contributed by atoms with E-state index in [1.807, 2.05) is 23.5 Å². The molecule has 0 saturated carbocycles. The molecule has 0 rings (SSSR count). The smallest absolute Gasteiger partial charge is 0.0637 e. The summed E-state index contributed by atoms with van der Waals surface area (Å²) in [5, 5.41) is 0.191. The van der Waals surface area contributed by atoms with Crippen LogP contribution in [0.1, 0.15) is 0 Å². The van der Waals surface area contributed by atoms with Crippen molar-refractivity contribution in [2.24, 2.45) is 0 Å². The molecule has 14 heavy (non-hydrogen) atoms. The van der Waals surface area contributed by atoms with Gasteiger partial charge in [0.1, 0.15) is 0 Å². The fraction of sp³-hybridized carbons (Fsp3) is 1.00. The van der Waals surface area contributed by atoms with Crippen LogP contribution >= 0.6 is 86.7 Å². The highest BCUT2D eigenvalue weighted by Crippen LogP contribution is 2.33. The third kappa shape index (κ3) is 7.68. The van der Waals surface area contributed by atoms with Crippen molar-refractivity contribution >= 4 is 86.7 Å². The van der Waals surface area contributed by atoms with E-state index in [-0.39, 0.29) is 9.83 Å². The van der Waals surface area contributed by atoms with E-state index >= 15 is 0 Å². The Labute approximate surface area is 123 Å². The number of thioether (sulfide) groups is 2. The number of hydrogen-bond donors (Lipinski definition) is 5. The van der Waals surface area contributed by atoms with Gasteiger partial charge in [-0.25, -0.2) is 0 Å². The molecule has 0 aliphatic carbocycles. The molecule has 0 bridgehead atoms. The maximum Gasteiger partial charge on any atom is 0.0637 e. The highest BCUT2D eigenvalue weighted by molar-refractivity contribution is 8.18. The second kappa shape index (κ2) is 10.6. The Morgan fingerprint density at radius 2 is 1.29 bits per heavy atom. The summed E-state index contributed by atoms with van der Waals surface area (Å²) in [6.07, 6.45) is 0. The van der Waals surface area contributed by atoms with Crippen molar-refractivity contribution in [3.05, 3.63) is 0 Å². The lowest BCUT2D eigenvalue weighted by Gasteiger charge is -2.24. The van der Waals surface area contributed by atoms with E-state index in [1.165, 1.54) is 0 Å². The van der Waals surface area contributed by atoms with Crippen LogP contribution < -0.4 is 0 Å². The summed E-state index contributed by atoms with van der Waals surface area (Å²) < 4.78 is 0.445. The summed E-state index contributed by atoms with van der Waals surface area (Å²) in [7, 11) is 0. The van der Waals surface area contributed by atoms with Crippen molar-refractivity contribution in [3.8, 4) is 0 Å². The molecule has 0 aromatic rings.